The predicted octanol–water partition coefficient (Wildman–Crippen LogP) is 4.79. The van der Waals surface area contributed by atoms with Crippen molar-refractivity contribution in [3.05, 3.63) is 76.8 Å². The van der Waals surface area contributed by atoms with Crippen LogP contribution in [0, 0.1) is 0 Å². The molecule has 1 aromatic carbocycles. The predicted molar refractivity (Wildman–Crippen MR) is 79.0 cm³/mol. The molecular formula is C16H16S. The summed E-state index contributed by atoms with van der Waals surface area (Å²) in [6, 6.07) is 10.5. The Labute approximate surface area is 108 Å². The van der Waals surface area contributed by atoms with Gasteiger partial charge in [0.25, 0.3) is 0 Å². The third-order valence-corrected chi connectivity index (χ3v) is 3.05. The standard InChI is InChI=1S/C16H16S/c1-13-9-10-14(6-5-11-17)12-16(13)15-7-3-2-4-8-15/h2-9,11-12,17H,10H2,1H3/b11-5-,14-6+. The second kappa shape index (κ2) is 5.74. The molecule has 1 aliphatic rings. The fraction of sp³-hybridized carbons (Fsp3) is 0.125. The van der Waals surface area contributed by atoms with Gasteiger partial charge in [0.1, 0.15) is 0 Å². The third-order valence-electron chi connectivity index (χ3n) is 2.88. The molecule has 1 heteroatoms. The van der Waals surface area contributed by atoms with Crippen molar-refractivity contribution < 1.29 is 0 Å². The minimum atomic E-state index is 1.00. The molecule has 86 valence electrons. The number of hydrogen-bond donors (Lipinski definition) is 1. The molecule has 0 fully saturated rings. The van der Waals surface area contributed by atoms with E-state index in [4.69, 9.17) is 0 Å². The monoisotopic (exact) mass is 240 g/mol. The van der Waals surface area contributed by atoms with Gasteiger partial charge in [0.05, 0.1) is 0 Å². The van der Waals surface area contributed by atoms with Crippen LogP contribution in [-0.4, -0.2) is 0 Å². The van der Waals surface area contributed by atoms with Gasteiger partial charge in [-0.3, -0.25) is 0 Å². The Balaban J connectivity index is 2.37. The highest BCUT2D eigenvalue weighted by Gasteiger charge is 2.08. The maximum Gasteiger partial charge on any atom is -0.00913 e. The van der Waals surface area contributed by atoms with E-state index in [0.29, 0.717) is 0 Å². The molecule has 0 aliphatic heterocycles. The van der Waals surface area contributed by atoms with Crippen molar-refractivity contribution in [1.82, 2.24) is 0 Å². The Hall–Kier alpha value is -1.47. The van der Waals surface area contributed by atoms with Crippen LogP contribution in [0.1, 0.15) is 18.9 Å². The highest BCUT2D eigenvalue weighted by atomic mass is 32.1. The molecule has 2 rings (SSSR count). The lowest BCUT2D eigenvalue weighted by Crippen LogP contribution is -1.94. The van der Waals surface area contributed by atoms with Crippen LogP contribution in [0.3, 0.4) is 0 Å². The first kappa shape index (κ1) is 12.0. The quantitative estimate of drug-likeness (QED) is 0.706. The lowest BCUT2D eigenvalue weighted by molar-refractivity contribution is 1.22. The SMILES string of the molecule is CC1=CC/C(=C\C=C/S)C=C1c1ccccc1. The molecular weight excluding hydrogens is 224 g/mol. The Morgan fingerprint density at radius 3 is 2.65 bits per heavy atom. The van der Waals surface area contributed by atoms with Crippen molar-refractivity contribution in [2.75, 3.05) is 0 Å². The second-order valence-electron chi connectivity index (χ2n) is 4.10. The van der Waals surface area contributed by atoms with Crippen LogP contribution in [0.4, 0.5) is 0 Å². The summed E-state index contributed by atoms with van der Waals surface area (Å²) >= 11 is 4.07. The lowest BCUT2D eigenvalue weighted by Gasteiger charge is -2.15. The van der Waals surface area contributed by atoms with E-state index < -0.39 is 0 Å². The van der Waals surface area contributed by atoms with E-state index in [1.54, 1.807) is 5.41 Å². The second-order valence-corrected chi connectivity index (χ2v) is 4.40. The number of rotatable bonds is 2. The first-order valence-electron chi connectivity index (χ1n) is 5.75. The minimum absolute atomic E-state index is 1.00. The zero-order chi connectivity index (χ0) is 12.1. The third kappa shape index (κ3) is 3.01. The molecule has 0 atom stereocenters. The van der Waals surface area contributed by atoms with Crippen molar-refractivity contribution in [3.8, 4) is 0 Å². The summed E-state index contributed by atoms with van der Waals surface area (Å²) in [5.74, 6) is 0. The largest absolute Gasteiger partial charge is 0.151 e. The van der Waals surface area contributed by atoms with Crippen LogP contribution in [-0.2, 0) is 0 Å². The average Bonchev–Trinajstić information content (AvgIpc) is 2.39. The van der Waals surface area contributed by atoms with Crippen LogP contribution in [0.15, 0.2) is 71.2 Å². The summed E-state index contributed by atoms with van der Waals surface area (Å²) in [6.45, 7) is 2.17. The van der Waals surface area contributed by atoms with Crippen molar-refractivity contribution in [3.63, 3.8) is 0 Å². The molecule has 0 amide bonds. The van der Waals surface area contributed by atoms with Crippen LogP contribution in [0.25, 0.3) is 5.57 Å². The molecule has 0 radical (unpaired) electrons. The van der Waals surface area contributed by atoms with Crippen molar-refractivity contribution in [1.29, 1.82) is 0 Å². The van der Waals surface area contributed by atoms with E-state index in [9.17, 15) is 0 Å². The van der Waals surface area contributed by atoms with Gasteiger partial charge in [0.2, 0.25) is 0 Å². The Morgan fingerprint density at radius 1 is 1.18 bits per heavy atom. The zero-order valence-electron chi connectivity index (χ0n) is 9.93. The Kier molecular flexibility index (Phi) is 4.05. The highest BCUT2D eigenvalue weighted by molar-refractivity contribution is 7.83. The fourth-order valence-electron chi connectivity index (χ4n) is 1.95. The molecule has 0 saturated carbocycles. The number of thiol groups is 1. The maximum atomic E-state index is 4.07. The van der Waals surface area contributed by atoms with Gasteiger partial charge in [-0.25, -0.2) is 0 Å². The van der Waals surface area contributed by atoms with E-state index >= 15 is 0 Å². The maximum absolute atomic E-state index is 4.07. The Morgan fingerprint density at radius 2 is 1.94 bits per heavy atom. The number of allylic oxidation sites excluding steroid dienone is 7. The zero-order valence-corrected chi connectivity index (χ0v) is 10.8. The first-order valence-corrected chi connectivity index (χ1v) is 6.27. The van der Waals surface area contributed by atoms with Gasteiger partial charge in [0.15, 0.2) is 0 Å². The van der Waals surface area contributed by atoms with Gasteiger partial charge in [-0.2, -0.15) is 12.6 Å². The van der Waals surface area contributed by atoms with Crippen molar-refractivity contribution >= 4 is 18.2 Å². The van der Waals surface area contributed by atoms with Crippen LogP contribution in [0.2, 0.25) is 0 Å². The first-order chi connectivity index (χ1) is 8.31. The highest BCUT2D eigenvalue weighted by Crippen LogP contribution is 2.29. The molecule has 0 unspecified atom stereocenters. The molecule has 17 heavy (non-hydrogen) atoms. The van der Waals surface area contributed by atoms with E-state index in [-0.39, 0.29) is 0 Å². The molecule has 1 aromatic rings. The summed E-state index contributed by atoms with van der Waals surface area (Å²) < 4.78 is 0. The normalized spacial score (nSPS) is 18.4. The van der Waals surface area contributed by atoms with Crippen LogP contribution in [0.5, 0.6) is 0 Å². The van der Waals surface area contributed by atoms with E-state index in [1.807, 2.05) is 12.1 Å². The van der Waals surface area contributed by atoms with Gasteiger partial charge < -0.3 is 0 Å². The van der Waals surface area contributed by atoms with E-state index in [0.717, 1.165) is 6.42 Å². The molecule has 0 nitrogen and oxygen atoms in total. The summed E-state index contributed by atoms with van der Waals surface area (Å²) in [7, 11) is 0. The van der Waals surface area contributed by atoms with Gasteiger partial charge in [-0.15, -0.1) is 0 Å². The average molecular weight is 240 g/mol. The molecule has 0 heterocycles. The van der Waals surface area contributed by atoms with Crippen molar-refractivity contribution in [2.24, 2.45) is 0 Å². The summed E-state index contributed by atoms with van der Waals surface area (Å²) in [5, 5.41) is 1.76. The van der Waals surface area contributed by atoms with Gasteiger partial charge in [-0.05, 0) is 41.0 Å². The topological polar surface area (TPSA) is 0 Å². The molecule has 0 spiro atoms. The fourth-order valence-corrected chi connectivity index (χ4v) is 2.04. The molecule has 1 aliphatic carbocycles. The summed E-state index contributed by atoms with van der Waals surface area (Å²) in [6.07, 6.45) is 9.62. The van der Waals surface area contributed by atoms with Crippen molar-refractivity contribution in [2.45, 2.75) is 13.3 Å². The number of hydrogen-bond acceptors (Lipinski definition) is 1. The smallest absolute Gasteiger partial charge is 0.00913 e. The minimum Gasteiger partial charge on any atom is -0.151 e. The van der Waals surface area contributed by atoms with Gasteiger partial charge in [-0.1, -0.05) is 54.6 Å². The van der Waals surface area contributed by atoms with Crippen LogP contribution < -0.4 is 0 Å². The van der Waals surface area contributed by atoms with Gasteiger partial charge in [0, 0.05) is 0 Å². The lowest BCUT2D eigenvalue weighted by atomic mass is 9.90. The van der Waals surface area contributed by atoms with Crippen LogP contribution >= 0.6 is 12.6 Å². The number of benzene rings is 1. The van der Waals surface area contributed by atoms with Gasteiger partial charge >= 0.3 is 0 Å². The Bertz CT molecular complexity index is 502. The molecule has 0 N–H and O–H groups in total. The summed E-state index contributed by atoms with van der Waals surface area (Å²) in [4.78, 5) is 0. The molecule has 0 bridgehead atoms. The molecule has 0 saturated heterocycles. The van der Waals surface area contributed by atoms with E-state index in [2.05, 4.69) is 62.0 Å². The summed E-state index contributed by atoms with van der Waals surface area (Å²) in [5.41, 5.74) is 5.26. The molecule has 0 aromatic heterocycles. The van der Waals surface area contributed by atoms with E-state index in [1.165, 1.54) is 22.3 Å².